The van der Waals surface area contributed by atoms with Gasteiger partial charge in [-0.2, -0.15) is 4.98 Å². The van der Waals surface area contributed by atoms with Crippen molar-refractivity contribution in [2.24, 2.45) is 0 Å². The third kappa shape index (κ3) is 4.27. The zero-order valence-electron chi connectivity index (χ0n) is 17.8. The topological polar surface area (TPSA) is 80.3 Å². The second-order valence-electron chi connectivity index (χ2n) is 7.94. The van der Waals surface area contributed by atoms with E-state index in [2.05, 4.69) is 32.0 Å². The third-order valence-electron chi connectivity index (χ3n) is 5.75. The fourth-order valence-electron chi connectivity index (χ4n) is 3.96. The van der Waals surface area contributed by atoms with Gasteiger partial charge < -0.3 is 14.4 Å². The number of ether oxygens (including phenoxy) is 2. The van der Waals surface area contributed by atoms with Crippen LogP contribution < -0.4 is 19.9 Å². The largest absolute Gasteiger partial charge is 0.490 e. The van der Waals surface area contributed by atoms with Gasteiger partial charge in [-0.3, -0.25) is 14.8 Å². The van der Waals surface area contributed by atoms with E-state index in [1.54, 1.807) is 18.5 Å². The van der Waals surface area contributed by atoms with Crippen LogP contribution >= 0.6 is 0 Å². The lowest BCUT2D eigenvalue weighted by Crippen LogP contribution is -2.12. The van der Waals surface area contributed by atoms with E-state index in [0.29, 0.717) is 22.8 Å². The predicted octanol–water partition coefficient (Wildman–Crippen LogP) is 5.20. The highest BCUT2D eigenvalue weighted by Gasteiger charge is 2.16. The molecule has 4 aromatic rings. The van der Waals surface area contributed by atoms with E-state index in [0.717, 1.165) is 30.0 Å². The van der Waals surface area contributed by atoms with E-state index in [4.69, 9.17) is 9.47 Å². The molecule has 0 spiro atoms. The van der Waals surface area contributed by atoms with Gasteiger partial charge in [-0.15, -0.1) is 0 Å². The minimum Gasteiger partial charge on any atom is -0.490 e. The van der Waals surface area contributed by atoms with E-state index in [1.165, 1.54) is 12.8 Å². The number of anilines is 2. The quantitative estimate of drug-likeness (QED) is 0.455. The maximum absolute atomic E-state index is 12.2. The highest BCUT2D eigenvalue weighted by atomic mass is 16.5. The van der Waals surface area contributed by atoms with Gasteiger partial charge in [0.15, 0.2) is 0 Å². The van der Waals surface area contributed by atoms with Crippen LogP contribution in [0.3, 0.4) is 0 Å². The van der Waals surface area contributed by atoms with Gasteiger partial charge in [0.25, 0.3) is 5.56 Å². The number of nitrogens with zero attached hydrogens (tertiary/aromatic N) is 3. The van der Waals surface area contributed by atoms with E-state index in [-0.39, 0.29) is 11.6 Å². The summed E-state index contributed by atoms with van der Waals surface area (Å²) in [6.45, 7) is 0. The first-order valence-electron chi connectivity index (χ1n) is 10.8. The van der Waals surface area contributed by atoms with E-state index in [9.17, 15) is 4.79 Å². The lowest BCUT2D eigenvalue weighted by molar-refractivity contribution is 0.210. The molecular weight excluding hydrogens is 404 g/mol. The minimum atomic E-state index is -0.260. The second kappa shape index (κ2) is 8.70. The number of H-pyrrole nitrogens is 1. The molecule has 1 fully saturated rings. The summed E-state index contributed by atoms with van der Waals surface area (Å²) in [4.78, 5) is 25.3. The summed E-state index contributed by atoms with van der Waals surface area (Å²) in [5, 5.41) is 0.476. The summed E-state index contributed by atoms with van der Waals surface area (Å²) in [5.74, 6) is 1.50. The second-order valence-corrected chi connectivity index (χ2v) is 7.94. The molecule has 0 saturated heterocycles. The van der Waals surface area contributed by atoms with E-state index >= 15 is 0 Å². The minimum absolute atomic E-state index is 0.134. The van der Waals surface area contributed by atoms with Crippen molar-refractivity contribution < 1.29 is 9.47 Å². The summed E-state index contributed by atoms with van der Waals surface area (Å²) >= 11 is 0. The van der Waals surface area contributed by atoms with Gasteiger partial charge in [0.2, 0.25) is 0 Å². The number of aromatic nitrogens is 3. The van der Waals surface area contributed by atoms with Gasteiger partial charge in [0.05, 0.1) is 23.2 Å². The van der Waals surface area contributed by atoms with Crippen molar-refractivity contribution >= 4 is 22.3 Å². The maximum Gasteiger partial charge on any atom is 0.302 e. The normalized spacial score (nSPS) is 13.9. The number of aromatic amines is 1. The van der Waals surface area contributed by atoms with Crippen molar-refractivity contribution in [1.82, 2.24) is 15.0 Å². The van der Waals surface area contributed by atoms with Crippen LogP contribution in [0.5, 0.6) is 17.5 Å². The summed E-state index contributed by atoms with van der Waals surface area (Å²) in [5.41, 5.74) is 2.29. The molecule has 0 unspecified atom stereocenters. The number of pyridine rings is 1. The molecule has 0 radical (unpaired) electrons. The van der Waals surface area contributed by atoms with Crippen LogP contribution in [0.1, 0.15) is 25.7 Å². The first-order chi connectivity index (χ1) is 15.7. The van der Waals surface area contributed by atoms with Gasteiger partial charge in [-0.05, 0) is 80.3 Å². The fraction of sp³-hybridized carbons (Fsp3) is 0.240. The summed E-state index contributed by atoms with van der Waals surface area (Å²) in [6.07, 6.45) is 8.27. The van der Waals surface area contributed by atoms with Crippen LogP contribution in [0.2, 0.25) is 0 Å². The predicted molar refractivity (Wildman–Crippen MR) is 124 cm³/mol. The van der Waals surface area contributed by atoms with Crippen LogP contribution in [-0.2, 0) is 0 Å². The SMILES string of the molecule is CN(c1ccc(Oc2nc3cnccc3c(=O)[nH]2)cc1)c1ccc(OC2CCCC2)cc1. The van der Waals surface area contributed by atoms with Crippen LogP contribution in [0.4, 0.5) is 11.4 Å². The number of fused-ring (bicyclic) bond motifs is 1. The van der Waals surface area contributed by atoms with Gasteiger partial charge >= 0.3 is 6.01 Å². The molecule has 0 aliphatic heterocycles. The van der Waals surface area contributed by atoms with Crippen molar-refractivity contribution in [2.75, 3.05) is 11.9 Å². The monoisotopic (exact) mass is 428 g/mol. The molecule has 7 nitrogen and oxygen atoms in total. The lowest BCUT2D eigenvalue weighted by atomic mass is 10.2. The van der Waals surface area contributed by atoms with Gasteiger partial charge in [-0.25, -0.2) is 0 Å². The molecule has 2 heterocycles. The zero-order chi connectivity index (χ0) is 21.9. The molecule has 5 rings (SSSR count). The molecule has 1 saturated carbocycles. The summed E-state index contributed by atoms with van der Waals surface area (Å²) < 4.78 is 11.8. The molecule has 0 bridgehead atoms. The summed E-state index contributed by atoms with van der Waals surface area (Å²) in [6, 6.07) is 17.5. The van der Waals surface area contributed by atoms with Gasteiger partial charge in [-0.1, -0.05) is 0 Å². The molecule has 2 aromatic heterocycles. The lowest BCUT2D eigenvalue weighted by Gasteiger charge is -2.21. The van der Waals surface area contributed by atoms with Crippen LogP contribution in [0, 0.1) is 0 Å². The molecule has 32 heavy (non-hydrogen) atoms. The molecular formula is C25H24N4O3. The van der Waals surface area contributed by atoms with Crippen molar-refractivity contribution in [1.29, 1.82) is 0 Å². The van der Waals surface area contributed by atoms with Crippen molar-refractivity contribution in [3.8, 4) is 17.5 Å². The molecule has 1 aliphatic carbocycles. The number of hydrogen-bond acceptors (Lipinski definition) is 6. The smallest absolute Gasteiger partial charge is 0.302 e. The highest BCUT2D eigenvalue weighted by molar-refractivity contribution is 5.76. The Balaban J connectivity index is 1.27. The Morgan fingerprint density at radius 2 is 1.59 bits per heavy atom. The molecule has 7 heteroatoms. The zero-order valence-corrected chi connectivity index (χ0v) is 17.8. The van der Waals surface area contributed by atoms with Crippen LogP contribution in [0.15, 0.2) is 71.8 Å². The number of nitrogens with one attached hydrogen (secondary N) is 1. The Labute approximate surface area is 185 Å². The molecule has 1 N–H and O–H groups in total. The number of hydrogen-bond donors (Lipinski definition) is 1. The average molecular weight is 428 g/mol. The maximum atomic E-state index is 12.2. The molecule has 0 amide bonds. The molecule has 0 atom stereocenters. The Hall–Kier alpha value is -3.87. The first-order valence-corrected chi connectivity index (χ1v) is 10.8. The Kier molecular flexibility index (Phi) is 5.46. The summed E-state index contributed by atoms with van der Waals surface area (Å²) in [7, 11) is 2.01. The molecule has 2 aromatic carbocycles. The molecule has 162 valence electrons. The van der Waals surface area contributed by atoms with Crippen LogP contribution in [-0.4, -0.2) is 28.1 Å². The molecule has 1 aliphatic rings. The Morgan fingerprint density at radius 3 is 2.28 bits per heavy atom. The van der Waals surface area contributed by atoms with E-state index < -0.39 is 0 Å². The van der Waals surface area contributed by atoms with Crippen molar-refractivity contribution in [2.45, 2.75) is 31.8 Å². The average Bonchev–Trinajstić information content (AvgIpc) is 3.33. The fourth-order valence-corrected chi connectivity index (χ4v) is 3.96. The van der Waals surface area contributed by atoms with Crippen molar-refractivity contribution in [3.05, 3.63) is 77.3 Å². The third-order valence-corrected chi connectivity index (χ3v) is 5.75. The van der Waals surface area contributed by atoms with Gasteiger partial charge in [0, 0.05) is 24.6 Å². The Morgan fingerprint density at radius 1 is 0.938 bits per heavy atom. The number of rotatable bonds is 6. The Bertz CT molecular complexity index is 1260. The first kappa shape index (κ1) is 20.1. The highest BCUT2D eigenvalue weighted by Crippen LogP contribution is 2.30. The standard InChI is InChI=1S/C25H24N4O3/c1-29(17-6-10-20(11-7-17)31-19-4-2-3-5-19)18-8-12-21(13-9-18)32-25-27-23-16-26-15-14-22(23)24(30)28-25/h6-16,19H,2-5H2,1H3,(H,27,28,30). The van der Waals surface area contributed by atoms with Crippen molar-refractivity contribution in [3.63, 3.8) is 0 Å². The van der Waals surface area contributed by atoms with Crippen LogP contribution in [0.25, 0.3) is 10.9 Å². The number of benzene rings is 2. The van der Waals surface area contributed by atoms with Gasteiger partial charge in [0.1, 0.15) is 11.5 Å². The van der Waals surface area contributed by atoms with E-state index in [1.807, 2.05) is 43.4 Å².